The number of aliphatic hydroxyl groups excluding tert-OH is 1. The van der Waals surface area contributed by atoms with Crippen molar-refractivity contribution in [3.05, 3.63) is 0 Å². The van der Waals surface area contributed by atoms with Gasteiger partial charge in [-0.2, -0.15) is 0 Å². The molecule has 0 bridgehead atoms. The predicted molar refractivity (Wildman–Crippen MR) is 69.6 cm³/mol. The number of carbonyl (C=O) groups is 1. The zero-order valence-corrected chi connectivity index (χ0v) is 11.4. The largest absolute Gasteiger partial charge is 0.393 e. The minimum Gasteiger partial charge on any atom is -0.393 e. The lowest BCUT2D eigenvalue weighted by Crippen LogP contribution is -2.44. The number of aliphatic hydroxyl groups is 1. The van der Waals surface area contributed by atoms with Crippen LogP contribution in [0.15, 0.2) is 0 Å². The van der Waals surface area contributed by atoms with Crippen LogP contribution in [0.25, 0.3) is 0 Å². The third-order valence-electron chi connectivity index (χ3n) is 3.04. The summed E-state index contributed by atoms with van der Waals surface area (Å²) in [6.07, 6.45) is 0.238. The molecule has 1 rings (SSSR count). The van der Waals surface area contributed by atoms with E-state index in [9.17, 15) is 4.79 Å². The van der Waals surface area contributed by atoms with Crippen molar-refractivity contribution in [2.24, 2.45) is 0 Å². The Bertz CT molecular complexity index is 243. The summed E-state index contributed by atoms with van der Waals surface area (Å²) in [6, 6.07) is -0.0797. The van der Waals surface area contributed by atoms with Crippen molar-refractivity contribution in [2.45, 2.75) is 19.4 Å². The third-order valence-corrected chi connectivity index (χ3v) is 3.04. The average molecular weight is 259 g/mol. The van der Waals surface area contributed by atoms with Crippen LogP contribution < -0.4 is 5.32 Å². The Morgan fingerprint density at radius 3 is 2.78 bits per heavy atom. The van der Waals surface area contributed by atoms with Gasteiger partial charge in [-0.25, -0.2) is 4.79 Å². The number of ether oxygens (including phenoxy) is 1. The van der Waals surface area contributed by atoms with Crippen LogP contribution in [0.4, 0.5) is 4.79 Å². The van der Waals surface area contributed by atoms with Crippen molar-refractivity contribution in [1.29, 1.82) is 0 Å². The fraction of sp³-hybridized carbons (Fsp3) is 0.917. The molecule has 0 unspecified atom stereocenters. The molecule has 1 fully saturated rings. The van der Waals surface area contributed by atoms with Crippen LogP contribution in [0.5, 0.6) is 0 Å². The summed E-state index contributed by atoms with van der Waals surface area (Å²) < 4.78 is 5.26. The number of urea groups is 1. The van der Waals surface area contributed by atoms with E-state index in [4.69, 9.17) is 9.84 Å². The number of carbonyl (C=O) groups excluding carboxylic acids is 1. The van der Waals surface area contributed by atoms with E-state index in [2.05, 4.69) is 10.2 Å². The topological polar surface area (TPSA) is 65.0 Å². The van der Waals surface area contributed by atoms with E-state index in [1.807, 2.05) is 0 Å². The highest BCUT2D eigenvalue weighted by Gasteiger charge is 2.12. The smallest absolute Gasteiger partial charge is 0.317 e. The van der Waals surface area contributed by atoms with Gasteiger partial charge in [-0.3, -0.25) is 4.90 Å². The average Bonchev–Trinajstić information content (AvgIpc) is 2.37. The van der Waals surface area contributed by atoms with Crippen LogP contribution in [0.1, 0.15) is 13.3 Å². The Kier molecular flexibility index (Phi) is 7.00. The lowest BCUT2D eigenvalue weighted by Gasteiger charge is -2.27. The maximum atomic E-state index is 11.7. The Balaban J connectivity index is 2.08. The molecular formula is C12H25N3O3. The van der Waals surface area contributed by atoms with E-state index in [1.165, 1.54) is 0 Å². The summed E-state index contributed by atoms with van der Waals surface area (Å²) in [5.41, 5.74) is 0. The molecule has 0 saturated carbocycles. The number of hydrogen-bond acceptors (Lipinski definition) is 4. The van der Waals surface area contributed by atoms with Gasteiger partial charge >= 0.3 is 6.03 Å². The molecular weight excluding hydrogens is 234 g/mol. The van der Waals surface area contributed by atoms with E-state index in [-0.39, 0.29) is 12.1 Å². The van der Waals surface area contributed by atoms with Crippen molar-refractivity contribution >= 4 is 6.03 Å². The van der Waals surface area contributed by atoms with Crippen molar-refractivity contribution in [3.8, 4) is 0 Å². The molecule has 1 aliphatic heterocycles. The van der Waals surface area contributed by atoms with Gasteiger partial charge in [0, 0.05) is 39.8 Å². The van der Waals surface area contributed by atoms with E-state index in [0.717, 1.165) is 32.8 Å². The number of amides is 2. The van der Waals surface area contributed by atoms with Gasteiger partial charge in [0.05, 0.1) is 19.3 Å². The fourth-order valence-electron chi connectivity index (χ4n) is 1.76. The van der Waals surface area contributed by atoms with Gasteiger partial charge in [0.25, 0.3) is 0 Å². The van der Waals surface area contributed by atoms with Crippen LogP contribution in [0.2, 0.25) is 0 Å². The molecule has 6 nitrogen and oxygen atoms in total. The molecule has 1 saturated heterocycles. The molecule has 0 aromatic carbocycles. The van der Waals surface area contributed by atoms with Crippen molar-refractivity contribution in [2.75, 3.05) is 53.0 Å². The Hall–Kier alpha value is -0.850. The molecule has 1 heterocycles. The van der Waals surface area contributed by atoms with Crippen LogP contribution in [-0.2, 0) is 4.74 Å². The standard InChI is InChI=1S/C12H25N3O3/c1-11(16)3-5-14(2)12(17)13-4-6-15-7-9-18-10-8-15/h11,16H,3-10H2,1-2H3,(H,13,17)/t11-/m0/s1. The first kappa shape index (κ1) is 15.2. The van der Waals surface area contributed by atoms with Gasteiger partial charge in [-0.15, -0.1) is 0 Å². The maximum Gasteiger partial charge on any atom is 0.317 e. The van der Waals surface area contributed by atoms with Crippen LogP contribution in [0.3, 0.4) is 0 Å². The quantitative estimate of drug-likeness (QED) is 0.689. The van der Waals surface area contributed by atoms with Gasteiger partial charge in [-0.1, -0.05) is 0 Å². The third kappa shape index (κ3) is 6.18. The lowest BCUT2D eigenvalue weighted by atomic mass is 10.3. The van der Waals surface area contributed by atoms with Crippen molar-refractivity contribution in [3.63, 3.8) is 0 Å². The summed E-state index contributed by atoms with van der Waals surface area (Å²) in [6.45, 7) is 7.24. The van der Waals surface area contributed by atoms with Crippen molar-refractivity contribution in [1.82, 2.24) is 15.1 Å². The van der Waals surface area contributed by atoms with Gasteiger partial charge in [0.15, 0.2) is 0 Å². The van der Waals surface area contributed by atoms with Gasteiger partial charge in [-0.05, 0) is 13.3 Å². The maximum absolute atomic E-state index is 11.7. The molecule has 18 heavy (non-hydrogen) atoms. The highest BCUT2D eigenvalue weighted by atomic mass is 16.5. The number of nitrogens with zero attached hydrogens (tertiary/aromatic N) is 2. The van der Waals surface area contributed by atoms with E-state index in [1.54, 1.807) is 18.9 Å². The number of rotatable bonds is 6. The second-order valence-electron chi connectivity index (χ2n) is 4.75. The van der Waals surface area contributed by atoms with E-state index in [0.29, 0.717) is 19.5 Å². The zero-order chi connectivity index (χ0) is 13.4. The molecule has 2 N–H and O–H groups in total. The normalized spacial score (nSPS) is 18.4. The predicted octanol–water partition coefficient (Wildman–Crippen LogP) is -0.269. The second-order valence-corrected chi connectivity index (χ2v) is 4.75. The summed E-state index contributed by atoms with van der Waals surface area (Å²) in [7, 11) is 1.74. The van der Waals surface area contributed by atoms with Crippen LogP contribution in [-0.4, -0.2) is 80.0 Å². The molecule has 0 aromatic rings. The first-order chi connectivity index (χ1) is 8.59. The lowest BCUT2D eigenvalue weighted by molar-refractivity contribution is 0.0386. The number of hydrogen-bond donors (Lipinski definition) is 2. The molecule has 1 aliphatic rings. The minimum atomic E-state index is -0.367. The first-order valence-corrected chi connectivity index (χ1v) is 6.56. The minimum absolute atomic E-state index is 0.0797. The number of morpholine rings is 1. The highest BCUT2D eigenvalue weighted by molar-refractivity contribution is 5.73. The summed E-state index contributed by atoms with van der Waals surface area (Å²) >= 11 is 0. The molecule has 1 atom stereocenters. The fourth-order valence-corrected chi connectivity index (χ4v) is 1.76. The highest BCUT2D eigenvalue weighted by Crippen LogP contribution is 1.96. The van der Waals surface area contributed by atoms with E-state index >= 15 is 0 Å². The molecule has 0 radical (unpaired) electrons. The Labute approximate surface area is 109 Å². The second kappa shape index (κ2) is 8.29. The van der Waals surface area contributed by atoms with Gasteiger partial charge in [0.1, 0.15) is 0 Å². The van der Waals surface area contributed by atoms with Crippen LogP contribution in [0, 0.1) is 0 Å². The van der Waals surface area contributed by atoms with E-state index < -0.39 is 0 Å². The summed E-state index contributed by atoms with van der Waals surface area (Å²) in [5.74, 6) is 0. The molecule has 0 aliphatic carbocycles. The van der Waals surface area contributed by atoms with Gasteiger partial charge in [0.2, 0.25) is 0 Å². The summed E-state index contributed by atoms with van der Waals surface area (Å²) in [4.78, 5) is 15.6. The van der Waals surface area contributed by atoms with Crippen molar-refractivity contribution < 1.29 is 14.6 Å². The van der Waals surface area contributed by atoms with Gasteiger partial charge < -0.3 is 20.1 Å². The zero-order valence-electron chi connectivity index (χ0n) is 11.4. The molecule has 2 amide bonds. The number of nitrogens with one attached hydrogen (secondary N) is 1. The summed E-state index contributed by atoms with van der Waals surface area (Å²) in [5, 5.41) is 12.0. The first-order valence-electron chi connectivity index (χ1n) is 6.56. The molecule has 106 valence electrons. The Morgan fingerprint density at radius 2 is 2.17 bits per heavy atom. The monoisotopic (exact) mass is 259 g/mol. The molecule has 0 aromatic heterocycles. The Morgan fingerprint density at radius 1 is 1.50 bits per heavy atom. The van der Waals surface area contributed by atoms with Crippen LogP contribution >= 0.6 is 0 Å². The molecule has 0 spiro atoms. The SMILES string of the molecule is C[C@H](O)CCN(C)C(=O)NCCN1CCOCC1. The molecule has 6 heteroatoms.